The molecule has 0 bridgehead atoms. The first-order chi connectivity index (χ1) is 14.5. The van der Waals surface area contributed by atoms with Crippen LogP contribution in [0.2, 0.25) is 0 Å². The highest BCUT2D eigenvalue weighted by Gasteiger charge is 2.45. The third kappa shape index (κ3) is 3.95. The van der Waals surface area contributed by atoms with Crippen LogP contribution in [-0.2, 0) is 20.7 Å². The van der Waals surface area contributed by atoms with Crippen molar-refractivity contribution in [1.29, 1.82) is 0 Å². The van der Waals surface area contributed by atoms with Gasteiger partial charge in [-0.05, 0) is 25.0 Å². The van der Waals surface area contributed by atoms with E-state index in [0.29, 0.717) is 12.0 Å². The summed E-state index contributed by atoms with van der Waals surface area (Å²) in [4.78, 5) is 35.7. The Kier molecular flexibility index (Phi) is 5.57. The van der Waals surface area contributed by atoms with Crippen molar-refractivity contribution >= 4 is 22.9 Å². The summed E-state index contributed by atoms with van der Waals surface area (Å²) >= 11 is 0. The number of nitrogens with zero attached hydrogens (tertiary/aromatic N) is 2. The molecule has 30 heavy (non-hydrogen) atoms. The van der Waals surface area contributed by atoms with E-state index >= 15 is 0 Å². The summed E-state index contributed by atoms with van der Waals surface area (Å²) in [6, 6.07) is 17.0. The van der Waals surface area contributed by atoms with Crippen molar-refractivity contribution < 1.29 is 14.3 Å². The molecule has 0 aliphatic heterocycles. The second-order valence-corrected chi connectivity index (χ2v) is 8.29. The van der Waals surface area contributed by atoms with Gasteiger partial charge in [0.2, 0.25) is 6.10 Å². The molecule has 1 N–H and O–H groups in total. The third-order valence-electron chi connectivity index (χ3n) is 5.93. The van der Waals surface area contributed by atoms with Crippen molar-refractivity contribution in [2.24, 2.45) is 5.41 Å². The lowest BCUT2D eigenvalue weighted by atomic mass is 9.82. The maximum atomic E-state index is 13.5. The summed E-state index contributed by atoms with van der Waals surface area (Å²) < 4.78 is 5.92. The highest BCUT2D eigenvalue weighted by Crippen LogP contribution is 2.43. The molecule has 6 nitrogen and oxygen atoms in total. The monoisotopic (exact) mass is 405 g/mol. The van der Waals surface area contributed by atoms with Gasteiger partial charge in [0.1, 0.15) is 5.82 Å². The van der Waals surface area contributed by atoms with Gasteiger partial charge in [0, 0.05) is 26.1 Å². The fourth-order valence-electron chi connectivity index (χ4n) is 4.27. The fourth-order valence-corrected chi connectivity index (χ4v) is 4.27. The minimum Gasteiger partial charge on any atom is -0.447 e. The average Bonchev–Trinajstić information content (AvgIpc) is 3.39. The van der Waals surface area contributed by atoms with Crippen LogP contribution in [0.1, 0.15) is 43.2 Å². The summed E-state index contributed by atoms with van der Waals surface area (Å²) in [6.45, 7) is 0. The minimum atomic E-state index is -0.943. The van der Waals surface area contributed by atoms with Gasteiger partial charge in [-0.25, -0.2) is 4.98 Å². The topological polar surface area (TPSA) is 75.3 Å². The summed E-state index contributed by atoms with van der Waals surface area (Å²) in [5, 5.41) is 0. The number of fused-ring (bicyclic) bond motifs is 1. The van der Waals surface area contributed by atoms with Gasteiger partial charge >= 0.3 is 5.97 Å². The molecule has 0 saturated heterocycles. The normalized spacial score (nSPS) is 16.3. The summed E-state index contributed by atoms with van der Waals surface area (Å²) in [6.07, 6.45) is 2.95. The Morgan fingerprint density at radius 1 is 1.07 bits per heavy atom. The number of rotatable bonds is 6. The van der Waals surface area contributed by atoms with E-state index in [9.17, 15) is 9.59 Å². The van der Waals surface area contributed by atoms with E-state index < -0.39 is 11.5 Å². The van der Waals surface area contributed by atoms with Gasteiger partial charge in [-0.3, -0.25) is 9.59 Å². The van der Waals surface area contributed by atoms with Crippen LogP contribution in [0.3, 0.4) is 0 Å². The zero-order chi connectivity index (χ0) is 21.1. The van der Waals surface area contributed by atoms with Gasteiger partial charge in [-0.15, -0.1) is 0 Å². The highest BCUT2D eigenvalue weighted by molar-refractivity contribution is 5.86. The number of nitrogens with one attached hydrogen (secondary N) is 1. The fraction of sp³-hybridized carbons (Fsp3) is 0.375. The van der Waals surface area contributed by atoms with Gasteiger partial charge in [0.15, 0.2) is 0 Å². The smallest absolute Gasteiger partial charge is 0.313 e. The lowest BCUT2D eigenvalue weighted by Crippen LogP contribution is -2.38. The molecule has 1 amide bonds. The van der Waals surface area contributed by atoms with Crippen LogP contribution in [-0.4, -0.2) is 40.8 Å². The number of para-hydroxylation sites is 2. The lowest BCUT2D eigenvalue weighted by molar-refractivity contribution is -0.169. The van der Waals surface area contributed by atoms with Crippen LogP contribution in [0.4, 0.5) is 0 Å². The van der Waals surface area contributed by atoms with Crippen molar-refractivity contribution in [2.75, 3.05) is 14.1 Å². The number of amides is 1. The van der Waals surface area contributed by atoms with Crippen molar-refractivity contribution in [1.82, 2.24) is 14.9 Å². The van der Waals surface area contributed by atoms with Gasteiger partial charge in [0.05, 0.1) is 16.4 Å². The van der Waals surface area contributed by atoms with Gasteiger partial charge in [-0.2, -0.15) is 0 Å². The molecule has 1 heterocycles. The second-order valence-electron chi connectivity index (χ2n) is 8.29. The maximum Gasteiger partial charge on any atom is 0.313 e. The number of imidazole rings is 1. The van der Waals surface area contributed by atoms with E-state index in [0.717, 1.165) is 42.5 Å². The first-order valence-corrected chi connectivity index (χ1v) is 10.4. The van der Waals surface area contributed by atoms with E-state index in [-0.39, 0.29) is 11.9 Å². The quantitative estimate of drug-likeness (QED) is 0.628. The Hall–Kier alpha value is -3.15. The van der Waals surface area contributed by atoms with E-state index in [4.69, 9.17) is 4.74 Å². The van der Waals surface area contributed by atoms with Crippen LogP contribution < -0.4 is 0 Å². The Bertz CT molecular complexity index is 1000. The molecule has 1 fully saturated rings. The van der Waals surface area contributed by atoms with Crippen LogP contribution >= 0.6 is 0 Å². The molecular formula is C24H27N3O3. The number of carbonyl (C=O) groups excluding carboxylic acids is 2. The van der Waals surface area contributed by atoms with Crippen molar-refractivity contribution in [3.8, 4) is 0 Å². The van der Waals surface area contributed by atoms with Gasteiger partial charge in [-0.1, -0.05) is 55.3 Å². The molecule has 0 unspecified atom stereocenters. The third-order valence-corrected chi connectivity index (χ3v) is 5.93. The molecular weight excluding hydrogens is 378 g/mol. The molecule has 1 atom stereocenters. The van der Waals surface area contributed by atoms with E-state index in [2.05, 4.69) is 9.97 Å². The highest BCUT2D eigenvalue weighted by atomic mass is 16.5. The number of aromatic nitrogens is 2. The van der Waals surface area contributed by atoms with E-state index in [1.165, 1.54) is 4.90 Å². The largest absolute Gasteiger partial charge is 0.447 e. The summed E-state index contributed by atoms with van der Waals surface area (Å²) in [7, 11) is 3.34. The SMILES string of the molecule is CN(C)C(=O)[C@@H](OC(=O)C1(Cc2nc3ccccc3[nH]2)CCCC1)c1ccccc1. The number of H-pyrrole nitrogens is 1. The Balaban J connectivity index is 1.61. The number of ether oxygens (including phenoxy) is 1. The first-order valence-electron chi connectivity index (χ1n) is 10.4. The van der Waals surface area contributed by atoms with Gasteiger partial charge < -0.3 is 14.6 Å². The van der Waals surface area contributed by atoms with Crippen LogP contribution in [0, 0.1) is 5.41 Å². The number of hydrogen-bond donors (Lipinski definition) is 1. The van der Waals surface area contributed by atoms with Crippen LogP contribution in [0.15, 0.2) is 54.6 Å². The van der Waals surface area contributed by atoms with Crippen molar-refractivity contribution in [3.05, 3.63) is 66.0 Å². The van der Waals surface area contributed by atoms with Gasteiger partial charge in [0.25, 0.3) is 5.91 Å². The zero-order valence-electron chi connectivity index (χ0n) is 17.4. The Morgan fingerprint density at radius 2 is 1.73 bits per heavy atom. The number of likely N-dealkylation sites (N-methyl/N-ethyl adjacent to an activating group) is 1. The average molecular weight is 405 g/mol. The van der Waals surface area contributed by atoms with Crippen molar-refractivity contribution in [2.45, 2.75) is 38.2 Å². The second kappa shape index (κ2) is 8.30. The summed E-state index contributed by atoms with van der Waals surface area (Å²) in [5.74, 6) is 0.223. The molecule has 0 spiro atoms. The number of hydrogen-bond acceptors (Lipinski definition) is 4. The Morgan fingerprint density at radius 3 is 2.40 bits per heavy atom. The summed E-state index contributed by atoms with van der Waals surface area (Å²) in [5.41, 5.74) is 1.87. The van der Waals surface area contributed by atoms with Crippen LogP contribution in [0.5, 0.6) is 0 Å². The molecule has 156 valence electrons. The predicted octanol–water partition coefficient (Wildman–Crippen LogP) is 4.04. The molecule has 3 aromatic rings. The molecule has 0 radical (unpaired) electrons. The number of carbonyl (C=O) groups is 2. The molecule has 1 aliphatic carbocycles. The number of esters is 1. The maximum absolute atomic E-state index is 13.5. The number of benzene rings is 2. The standard InChI is InChI=1S/C24H27N3O3/c1-27(2)22(28)21(17-10-4-3-5-11-17)30-23(29)24(14-8-9-15-24)16-20-25-18-12-6-7-13-19(18)26-20/h3-7,10-13,21H,8-9,14-16H2,1-2H3,(H,25,26)/t21-/m0/s1. The van der Waals surface area contributed by atoms with Crippen LogP contribution in [0.25, 0.3) is 11.0 Å². The molecule has 1 aliphatic rings. The first kappa shape index (κ1) is 20.1. The Labute approximate surface area is 176 Å². The zero-order valence-corrected chi connectivity index (χ0v) is 17.4. The molecule has 1 aromatic heterocycles. The predicted molar refractivity (Wildman–Crippen MR) is 115 cm³/mol. The molecule has 6 heteroatoms. The molecule has 4 rings (SSSR count). The molecule has 2 aromatic carbocycles. The van der Waals surface area contributed by atoms with E-state index in [1.807, 2.05) is 54.6 Å². The molecule has 1 saturated carbocycles. The number of aromatic amines is 1. The van der Waals surface area contributed by atoms with Crippen molar-refractivity contribution in [3.63, 3.8) is 0 Å². The van der Waals surface area contributed by atoms with E-state index in [1.54, 1.807) is 14.1 Å². The lowest BCUT2D eigenvalue weighted by Gasteiger charge is -2.29. The minimum absolute atomic E-state index is 0.244.